The van der Waals surface area contributed by atoms with Gasteiger partial charge in [-0.15, -0.1) is 0 Å². The SMILES string of the molecule is CC(C)C(O)C(C)(C)CNC(=O)C1CCCC1. The zero-order chi connectivity index (χ0) is 13.1. The van der Waals surface area contributed by atoms with Crippen molar-refractivity contribution in [1.82, 2.24) is 5.32 Å². The third kappa shape index (κ3) is 3.98. The molecule has 1 aliphatic rings. The van der Waals surface area contributed by atoms with Crippen molar-refractivity contribution >= 4 is 5.91 Å². The predicted molar refractivity (Wildman–Crippen MR) is 69.6 cm³/mol. The molecule has 1 saturated carbocycles. The van der Waals surface area contributed by atoms with E-state index in [1.165, 1.54) is 12.8 Å². The molecule has 1 fully saturated rings. The predicted octanol–water partition coefficient (Wildman–Crippen LogP) is 2.34. The number of carbonyl (C=O) groups excluding carboxylic acids is 1. The number of aliphatic hydroxyl groups is 1. The van der Waals surface area contributed by atoms with E-state index < -0.39 is 0 Å². The lowest BCUT2D eigenvalue weighted by Crippen LogP contribution is -2.44. The summed E-state index contributed by atoms with van der Waals surface area (Å²) in [6.07, 6.45) is 4.02. The molecule has 2 N–H and O–H groups in total. The van der Waals surface area contributed by atoms with Gasteiger partial charge in [-0.3, -0.25) is 4.79 Å². The van der Waals surface area contributed by atoms with Crippen LogP contribution in [0.15, 0.2) is 0 Å². The van der Waals surface area contributed by atoms with Crippen molar-refractivity contribution in [3.8, 4) is 0 Å². The molecule has 3 heteroatoms. The van der Waals surface area contributed by atoms with Crippen LogP contribution in [0.4, 0.5) is 0 Å². The van der Waals surface area contributed by atoms with Crippen LogP contribution in [0.5, 0.6) is 0 Å². The summed E-state index contributed by atoms with van der Waals surface area (Å²) in [7, 11) is 0. The van der Waals surface area contributed by atoms with Crippen LogP contribution in [0, 0.1) is 17.3 Å². The van der Waals surface area contributed by atoms with Gasteiger partial charge in [0.25, 0.3) is 0 Å². The summed E-state index contributed by atoms with van der Waals surface area (Å²) < 4.78 is 0. The van der Waals surface area contributed by atoms with Crippen LogP contribution in [0.3, 0.4) is 0 Å². The molecule has 0 radical (unpaired) electrons. The Balaban J connectivity index is 2.40. The first-order chi connectivity index (χ1) is 7.84. The topological polar surface area (TPSA) is 49.3 Å². The summed E-state index contributed by atoms with van der Waals surface area (Å²) in [5.74, 6) is 0.599. The maximum absolute atomic E-state index is 11.9. The Labute approximate surface area is 105 Å². The zero-order valence-electron chi connectivity index (χ0n) is 11.6. The standard InChI is InChI=1S/C14H27NO2/c1-10(2)12(16)14(3,4)9-15-13(17)11-7-5-6-8-11/h10-12,16H,5-9H2,1-4H3,(H,15,17). The number of hydrogen-bond donors (Lipinski definition) is 2. The molecule has 3 nitrogen and oxygen atoms in total. The van der Waals surface area contributed by atoms with E-state index >= 15 is 0 Å². The third-order valence-electron chi connectivity index (χ3n) is 3.88. The third-order valence-corrected chi connectivity index (χ3v) is 3.88. The number of amides is 1. The van der Waals surface area contributed by atoms with E-state index in [4.69, 9.17) is 0 Å². The molecule has 1 rings (SSSR count). The van der Waals surface area contributed by atoms with E-state index in [0.29, 0.717) is 6.54 Å². The average Bonchev–Trinajstić information content (AvgIpc) is 2.78. The number of carbonyl (C=O) groups is 1. The number of aliphatic hydroxyl groups excluding tert-OH is 1. The Kier molecular flexibility index (Phi) is 4.99. The fourth-order valence-corrected chi connectivity index (χ4v) is 2.65. The molecule has 1 unspecified atom stereocenters. The second-order valence-corrected chi connectivity index (χ2v) is 6.38. The first-order valence-corrected chi connectivity index (χ1v) is 6.80. The smallest absolute Gasteiger partial charge is 0.223 e. The highest BCUT2D eigenvalue weighted by molar-refractivity contribution is 5.78. The van der Waals surface area contributed by atoms with Gasteiger partial charge in [0.05, 0.1) is 6.10 Å². The van der Waals surface area contributed by atoms with Crippen molar-refractivity contribution in [2.45, 2.75) is 59.5 Å². The van der Waals surface area contributed by atoms with Crippen molar-refractivity contribution in [2.75, 3.05) is 6.54 Å². The highest BCUT2D eigenvalue weighted by Gasteiger charge is 2.31. The fourth-order valence-electron chi connectivity index (χ4n) is 2.65. The molecule has 0 bridgehead atoms. The summed E-state index contributed by atoms with van der Waals surface area (Å²) in [5.41, 5.74) is -0.261. The van der Waals surface area contributed by atoms with E-state index in [2.05, 4.69) is 5.32 Å². The van der Waals surface area contributed by atoms with Crippen LogP contribution in [0.25, 0.3) is 0 Å². The lowest BCUT2D eigenvalue weighted by molar-refractivity contribution is -0.125. The Morgan fingerprint density at radius 1 is 1.35 bits per heavy atom. The molecule has 0 saturated heterocycles. The first kappa shape index (κ1) is 14.5. The summed E-state index contributed by atoms with van der Waals surface area (Å²) in [5, 5.41) is 13.1. The summed E-state index contributed by atoms with van der Waals surface area (Å²) in [4.78, 5) is 11.9. The number of hydrogen-bond acceptors (Lipinski definition) is 2. The molecule has 0 aromatic carbocycles. The van der Waals surface area contributed by atoms with Crippen LogP contribution in [0.1, 0.15) is 53.4 Å². The molecule has 0 spiro atoms. The van der Waals surface area contributed by atoms with E-state index in [0.717, 1.165) is 12.8 Å². The van der Waals surface area contributed by atoms with Crippen LogP contribution in [-0.4, -0.2) is 23.7 Å². The minimum Gasteiger partial charge on any atom is -0.392 e. The molecule has 0 aromatic rings. The van der Waals surface area contributed by atoms with E-state index in [-0.39, 0.29) is 29.3 Å². The van der Waals surface area contributed by atoms with Crippen molar-refractivity contribution < 1.29 is 9.90 Å². The maximum Gasteiger partial charge on any atom is 0.223 e. The molecular weight excluding hydrogens is 214 g/mol. The maximum atomic E-state index is 11.9. The van der Waals surface area contributed by atoms with E-state index in [1.807, 2.05) is 27.7 Å². The minimum absolute atomic E-state index is 0.173. The molecule has 1 aliphatic carbocycles. The highest BCUT2D eigenvalue weighted by atomic mass is 16.3. The average molecular weight is 241 g/mol. The number of nitrogens with one attached hydrogen (secondary N) is 1. The molecule has 1 amide bonds. The van der Waals surface area contributed by atoms with Crippen LogP contribution in [0.2, 0.25) is 0 Å². The fraction of sp³-hybridized carbons (Fsp3) is 0.929. The van der Waals surface area contributed by atoms with E-state index in [9.17, 15) is 9.90 Å². The van der Waals surface area contributed by atoms with Gasteiger partial charge in [0.15, 0.2) is 0 Å². The molecule has 17 heavy (non-hydrogen) atoms. The van der Waals surface area contributed by atoms with Gasteiger partial charge in [-0.05, 0) is 18.8 Å². The van der Waals surface area contributed by atoms with Gasteiger partial charge in [0.1, 0.15) is 0 Å². The molecule has 0 heterocycles. The summed E-state index contributed by atoms with van der Waals surface area (Å²) in [6, 6.07) is 0. The number of rotatable bonds is 5. The Morgan fingerprint density at radius 2 is 1.88 bits per heavy atom. The van der Waals surface area contributed by atoms with Crippen molar-refractivity contribution in [3.63, 3.8) is 0 Å². The van der Waals surface area contributed by atoms with Gasteiger partial charge in [0, 0.05) is 17.9 Å². The van der Waals surface area contributed by atoms with Gasteiger partial charge < -0.3 is 10.4 Å². The molecule has 0 aromatic heterocycles. The highest BCUT2D eigenvalue weighted by Crippen LogP contribution is 2.27. The lowest BCUT2D eigenvalue weighted by atomic mass is 9.80. The van der Waals surface area contributed by atoms with Crippen molar-refractivity contribution in [1.29, 1.82) is 0 Å². The van der Waals surface area contributed by atoms with Gasteiger partial charge >= 0.3 is 0 Å². The lowest BCUT2D eigenvalue weighted by Gasteiger charge is -2.33. The molecule has 0 aliphatic heterocycles. The quantitative estimate of drug-likeness (QED) is 0.776. The second kappa shape index (κ2) is 5.85. The minimum atomic E-state index is -0.383. The second-order valence-electron chi connectivity index (χ2n) is 6.38. The largest absolute Gasteiger partial charge is 0.392 e. The van der Waals surface area contributed by atoms with E-state index in [1.54, 1.807) is 0 Å². The monoisotopic (exact) mass is 241 g/mol. The van der Waals surface area contributed by atoms with Gasteiger partial charge in [-0.1, -0.05) is 40.5 Å². The zero-order valence-corrected chi connectivity index (χ0v) is 11.6. The van der Waals surface area contributed by atoms with Gasteiger partial charge in [-0.2, -0.15) is 0 Å². The van der Waals surface area contributed by atoms with Crippen LogP contribution in [-0.2, 0) is 4.79 Å². The van der Waals surface area contributed by atoms with Gasteiger partial charge in [-0.25, -0.2) is 0 Å². The van der Waals surface area contributed by atoms with Crippen molar-refractivity contribution in [2.24, 2.45) is 17.3 Å². The molecule has 100 valence electrons. The van der Waals surface area contributed by atoms with Crippen LogP contribution < -0.4 is 5.32 Å². The van der Waals surface area contributed by atoms with Gasteiger partial charge in [0.2, 0.25) is 5.91 Å². The first-order valence-electron chi connectivity index (χ1n) is 6.80. The summed E-state index contributed by atoms with van der Waals surface area (Å²) >= 11 is 0. The molecule has 1 atom stereocenters. The Bertz CT molecular complexity index is 255. The Hall–Kier alpha value is -0.570. The normalized spacial score (nSPS) is 19.6. The van der Waals surface area contributed by atoms with Crippen LogP contribution >= 0.6 is 0 Å². The molecular formula is C14H27NO2. The van der Waals surface area contributed by atoms with Crippen molar-refractivity contribution in [3.05, 3.63) is 0 Å². The Morgan fingerprint density at radius 3 is 2.35 bits per heavy atom. The summed E-state index contributed by atoms with van der Waals surface area (Å²) in [6.45, 7) is 8.58.